The van der Waals surface area contributed by atoms with Gasteiger partial charge in [0, 0.05) is 32.4 Å². The predicted octanol–water partition coefficient (Wildman–Crippen LogP) is 0.597. The average molecular weight is 339 g/mol. The number of hydrogen-bond acceptors (Lipinski definition) is 5. The first-order valence-electron chi connectivity index (χ1n) is 8.20. The molecule has 1 aromatic heterocycles. The van der Waals surface area contributed by atoms with Crippen LogP contribution in [0.15, 0.2) is 42.7 Å². The Kier molecular flexibility index (Phi) is 5.04. The van der Waals surface area contributed by atoms with Gasteiger partial charge in [-0.15, -0.1) is 0 Å². The molecule has 7 heteroatoms. The van der Waals surface area contributed by atoms with Crippen molar-refractivity contribution >= 4 is 11.8 Å². The van der Waals surface area contributed by atoms with Crippen LogP contribution >= 0.6 is 0 Å². The molecule has 25 heavy (non-hydrogen) atoms. The molecule has 0 aliphatic carbocycles. The highest BCUT2D eigenvalue weighted by molar-refractivity contribution is 5.92. The van der Waals surface area contributed by atoms with Gasteiger partial charge in [0.05, 0.1) is 11.9 Å². The highest BCUT2D eigenvalue weighted by Gasteiger charge is 2.33. The van der Waals surface area contributed by atoms with E-state index in [1.165, 1.54) is 6.20 Å². The van der Waals surface area contributed by atoms with E-state index in [9.17, 15) is 9.59 Å². The number of aryl methyl sites for hydroxylation is 1. The molecule has 1 saturated heterocycles. The highest BCUT2D eigenvalue weighted by Crippen LogP contribution is 2.16. The molecule has 1 unspecified atom stereocenters. The maximum Gasteiger partial charge on any atom is 0.274 e. The van der Waals surface area contributed by atoms with E-state index in [2.05, 4.69) is 9.97 Å². The number of amides is 2. The number of piperazine rings is 1. The summed E-state index contributed by atoms with van der Waals surface area (Å²) in [6.45, 7) is 3.79. The summed E-state index contributed by atoms with van der Waals surface area (Å²) in [5, 5.41) is 0. The Balaban J connectivity index is 1.71. The minimum absolute atomic E-state index is 0.224. The lowest BCUT2D eigenvalue weighted by Crippen LogP contribution is -2.59. The van der Waals surface area contributed by atoms with Crippen LogP contribution in [0, 0.1) is 6.92 Å². The first kappa shape index (κ1) is 17.0. The summed E-state index contributed by atoms with van der Waals surface area (Å²) in [4.78, 5) is 36.4. The molecule has 0 radical (unpaired) electrons. The van der Waals surface area contributed by atoms with E-state index in [4.69, 9.17) is 5.73 Å². The number of primary amides is 1. The smallest absolute Gasteiger partial charge is 0.274 e. The molecular weight excluding hydrogens is 318 g/mol. The molecule has 1 aliphatic rings. The Labute approximate surface area is 146 Å². The second-order valence-corrected chi connectivity index (χ2v) is 6.17. The molecule has 2 heterocycles. The van der Waals surface area contributed by atoms with Gasteiger partial charge in [0.15, 0.2) is 0 Å². The Morgan fingerprint density at radius 2 is 1.92 bits per heavy atom. The van der Waals surface area contributed by atoms with E-state index in [0.29, 0.717) is 19.6 Å². The third-order valence-electron chi connectivity index (χ3n) is 4.34. The van der Waals surface area contributed by atoms with Gasteiger partial charge in [-0.25, -0.2) is 4.98 Å². The van der Waals surface area contributed by atoms with Crippen LogP contribution in [0.3, 0.4) is 0 Å². The van der Waals surface area contributed by atoms with Crippen molar-refractivity contribution in [1.82, 2.24) is 19.8 Å². The summed E-state index contributed by atoms with van der Waals surface area (Å²) in [7, 11) is 0. The third-order valence-corrected chi connectivity index (χ3v) is 4.34. The van der Waals surface area contributed by atoms with Gasteiger partial charge in [-0.2, -0.15) is 0 Å². The zero-order valence-electron chi connectivity index (χ0n) is 14.1. The number of carbonyl (C=O) groups is 2. The lowest BCUT2D eigenvalue weighted by Gasteiger charge is -2.39. The van der Waals surface area contributed by atoms with Gasteiger partial charge in [-0.1, -0.05) is 30.3 Å². The molecule has 0 spiro atoms. The van der Waals surface area contributed by atoms with Crippen molar-refractivity contribution in [2.24, 2.45) is 5.73 Å². The van der Waals surface area contributed by atoms with E-state index >= 15 is 0 Å². The number of aromatic nitrogens is 2. The Bertz CT molecular complexity index is 748. The van der Waals surface area contributed by atoms with Crippen LogP contribution in [0.4, 0.5) is 0 Å². The maximum absolute atomic E-state index is 12.6. The van der Waals surface area contributed by atoms with Crippen LogP contribution in [0.2, 0.25) is 0 Å². The van der Waals surface area contributed by atoms with E-state index < -0.39 is 11.9 Å². The Hall–Kier alpha value is -2.80. The maximum atomic E-state index is 12.6. The molecule has 1 aliphatic heterocycles. The molecule has 1 atom stereocenters. The van der Waals surface area contributed by atoms with Gasteiger partial charge in [0.1, 0.15) is 11.7 Å². The van der Waals surface area contributed by atoms with Crippen molar-refractivity contribution in [2.75, 3.05) is 19.6 Å². The number of hydrogen-bond donors (Lipinski definition) is 1. The molecule has 3 rings (SSSR count). The van der Waals surface area contributed by atoms with Gasteiger partial charge in [0.25, 0.3) is 5.91 Å². The largest absolute Gasteiger partial charge is 0.368 e. The second kappa shape index (κ2) is 7.40. The van der Waals surface area contributed by atoms with Gasteiger partial charge < -0.3 is 10.6 Å². The Morgan fingerprint density at radius 3 is 2.56 bits per heavy atom. The minimum atomic E-state index is -0.517. The van der Waals surface area contributed by atoms with E-state index in [-0.39, 0.29) is 18.1 Å². The predicted molar refractivity (Wildman–Crippen MR) is 92.5 cm³/mol. The minimum Gasteiger partial charge on any atom is -0.368 e. The van der Waals surface area contributed by atoms with Crippen molar-refractivity contribution in [1.29, 1.82) is 0 Å². The first-order valence-corrected chi connectivity index (χ1v) is 8.20. The second-order valence-electron chi connectivity index (χ2n) is 6.17. The van der Waals surface area contributed by atoms with Crippen LogP contribution in [-0.2, 0) is 11.3 Å². The standard InChI is InChI=1S/C18H21N5O2/c1-13-9-21-15(10-20-13)18(25)23-8-7-22(16(12-23)17(19)24)11-14-5-3-2-4-6-14/h2-6,9-10,16H,7-8,11-12H2,1H3,(H2,19,24). The van der Waals surface area contributed by atoms with E-state index in [0.717, 1.165) is 11.3 Å². The van der Waals surface area contributed by atoms with Crippen LogP contribution in [0.1, 0.15) is 21.7 Å². The number of nitrogens with zero attached hydrogens (tertiary/aromatic N) is 4. The fraction of sp³-hybridized carbons (Fsp3) is 0.333. The van der Waals surface area contributed by atoms with Gasteiger partial charge >= 0.3 is 0 Å². The van der Waals surface area contributed by atoms with E-state index in [1.54, 1.807) is 11.1 Å². The van der Waals surface area contributed by atoms with Gasteiger partial charge in [-0.3, -0.25) is 19.5 Å². The lowest BCUT2D eigenvalue weighted by molar-refractivity contribution is -0.125. The fourth-order valence-electron chi connectivity index (χ4n) is 2.95. The monoisotopic (exact) mass is 339 g/mol. The molecular formula is C18H21N5O2. The number of carbonyl (C=O) groups excluding carboxylic acids is 2. The summed E-state index contributed by atoms with van der Waals surface area (Å²) in [5.74, 6) is -0.651. The Morgan fingerprint density at radius 1 is 1.16 bits per heavy atom. The fourth-order valence-corrected chi connectivity index (χ4v) is 2.95. The first-order chi connectivity index (χ1) is 12.0. The molecule has 130 valence electrons. The molecule has 0 bridgehead atoms. The topological polar surface area (TPSA) is 92.4 Å². The number of rotatable bonds is 4. The van der Waals surface area contributed by atoms with Crippen LogP contribution in [0.25, 0.3) is 0 Å². The van der Waals surface area contributed by atoms with Gasteiger partial charge in [0.2, 0.25) is 5.91 Å². The van der Waals surface area contributed by atoms with Crippen molar-refractivity contribution in [2.45, 2.75) is 19.5 Å². The lowest BCUT2D eigenvalue weighted by atomic mass is 10.1. The third kappa shape index (κ3) is 4.00. The van der Waals surface area contributed by atoms with Crippen molar-refractivity contribution < 1.29 is 9.59 Å². The molecule has 0 saturated carbocycles. The molecule has 2 aromatic rings. The SMILES string of the molecule is Cc1cnc(C(=O)N2CCN(Cc3ccccc3)C(C(N)=O)C2)cn1. The zero-order valence-corrected chi connectivity index (χ0v) is 14.1. The number of benzene rings is 1. The van der Waals surface area contributed by atoms with Crippen molar-refractivity contribution in [3.8, 4) is 0 Å². The molecule has 2 N–H and O–H groups in total. The van der Waals surface area contributed by atoms with Crippen LogP contribution in [-0.4, -0.2) is 57.3 Å². The van der Waals surface area contributed by atoms with Crippen molar-refractivity contribution in [3.05, 3.63) is 59.7 Å². The van der Waals surface area contributed by atoms with Gasteiger partial charge in [-0.05, 0) is 12.5 Å². The number of nitrogens with two attached hydrogens (primary N) is 1. The summed E-state index contributed by atoms with van der Waals surface area (Å²) in [6, 6.07) is 9.38. The summed E-state index contributed by atoms with van der Waals surface area (Å²) in [6.07, 6.45) is 3.03. The highest BCUT2D eigenvalue weighted by atomic mass is 16.2. The molecule has 1 fully saturated rings. The summed E-state index contributed by atoms with van der Waals surface area (Å²) < 4.78 is 0. The summed E-state index contributed by atoms with van der Waals surface area (Å²) in [5.41, 5.74) is 7.73. The van der Waals surface area contributed by atoms with Crippen LogP contribution < -0.4 is 5.73 Å². The molecule has 2 amide bonds. The van der Waals surface area contributed by atoms with Crippen molar-refractivity contribution in [3.63, 3.8) is 0 Å². The molecule has 7 nitrogen and oxygen atoms in total. The van der Waals surface area contributed by atoms with Crippen LogP contribution in [0.5, 0.6) is 0 Å². The molecule has 1 aromatic carbocycles. The average Bonchev–Trinajstić information content (AvgIpc) is 2.63. The quantitative estimate of drug-likeness (QED) is 0.880. The summed E-state index contributed by atoms with van der Waals surface area (Å²) >= 11 is 0. The van der Waals surface area contributed by atoms with E-state index in [1.807, 2.05) is 42.2 Å². The zero-order chi connectivity index (χ0) is 17.8. The normalized spacial score (nSPS) is 18.1.